The first-order valence-corrected chi connectivity index (χ1v) is 6.00. The lowest BCUT2D eigenvalue weighted by molar-refractivity contribution is 0.465. The minimum Gasteiger partial charge on any atom is -0.344 e. The third-order valence-electron chi connectivity index (χ3n) is 2.29. The number of hydrogen-bond donors (Lipinski definition) is 1. The van der Waals surface area contributed by atoms with E-state index < -0.39 is 7.37 Å². The van der Waals surface area contributed by atoms with Crippen molar-refractivity contribution in [2.24, 2.45) is 0 Å². The summed E-state index contributed by atoms with van der Waals surface area (Å²) in [6, 6.07) is 0. The Balaban J connectivity index is 2.55. The molecule has 0 aliphatic heterocycles. The van der Waals surface area contributed by atoms with Crippen molar-refractivity contribution in [2.75, 3.05) is 6.16 Å². The van der Waals surface area contributed by atoms with Gasteiger partial charge in [0, 0.05) is 11.8 Å². The molecule has 2 nitrogen and oxygen atoms in total. The minimum absolute atomic E-state index is 0.0699. The summed E-state index contributed by atoms with van der Waals surface area (Å²) in [6.45, 7) is 3.49. The zero-order valence-electron chi connectivity index (χ0n) is 6.70. The zero-order chi connectivity index (χ0) is 8.32. The molecule has 1 saturated carbocycles. The lowest BCUT2D eigenvalue weighted by Gasteiger charge is -2.15. The van der Waals surface area contributed by atoms with E-state index in [1.54, 1.807) is 6.08 Å². The first-order chi connectivity index (χ1) is 5.17. The van der Waals surface area contributed by atoms with Crippen LogP contribution in [-0.4, -0.2) is 16.7 Å². The van der Waals surface area contributed by atoms with Crippen LogP contribution in [-0.2, 0) is 4.57 Å². The van der Waals surface area contributed by atoms with Gasteiger partial charge in [0.05, 0.1) is 0 Å². The Labute approximate surface area is 67.8 Å². The van der Waals surface area contributed by atoms with Gasteiger partial charge in [0.1, 0.15) is 0 Å². The van der Waals surface area contributed by atoms with Gasteiger partial charge >= 0.3 is 0 Å². The van der Waals surface area contributed by atoms with Gasteiger partial charge in [0.15, 0.2) is 0 Å². The molecule has 11 heavy (non-hydrogen) atoms. The zero-order valence-corrected chi connectivity index (χ0v) is 7.59. The first kappa shape index (κ1) is 9.02. The molecule has 1 aliphatic carbocycles. The number of rotatable bonds is 3. The standard InChI is InChI=1S/C8H15O2P/c1-2-7-11(9,10)8-5-3-4-6-8/h2,8H,1,3-7H2,(H,9,10). The van der Waals surface area contributed by atoms with Crippen LogP contribution in [0.4, 0.5) is 0 Å². The SMILES string of the molecule is C=CCP(=O)(O)C1CCCC1. The van der Waals surface area contributed by atoms with Crippen molar-refractivity contribution < 1.29 is 9.46 Å². The smallest absolute Gasteiger partial charge is 0.207 e. The Morgan fingerprint density at radius 2 is 2.09 bits per heavy atom. The summed E-state index contributed by atoms with van der Waals surface area (Å²) in [5.41, 5.74) is 0.0699. The van der Waals surface area contributed by atoms with Crippen LogP contribution in [0.15, 0.2) is 12.7 Å². The molecular weight excluding hydrogens is 159 g/mol. The van der Waals surface area contributed by atoms with Gasteiger partial charge in [-0.25, -0.2) is 0 Å². The summed E-state index contributed by atoms with van der Waals surface area (Å²) in [4.78, 5) is 9.50. The Kier molecular flexibility index (Phi) is 2.91. The molecule has 1 unspecified atom stereocenters. The number of hydrogen-bond acceptors (Lipinski definition) is 1. The second kappa shape index (κ2) is 3.55. The second-order valence-corrected chi connectivity index (χ2v) is 5.77. The molecule has 0 aromatic heterocycles. The molecule has 0 amide bonds. The molecule has 1 fully saturated rings. The van der Waals surface area contributed by atoms with Crippen molar-refractivity contribution in [3.8, 4) is 0 Å². The average molecular weight is 174 g/mol. The van der Waals surface area contributed by atoms with Crippen LogP contribution >= 0.6 is 7.37 Å². The van der Waals surface area contributed by atoms with E-state index in [1.165, 1.54) is 0 Å². The fraction of sp³-hybridized carbons (Fsp3) is 0.750. The highest BCUT2D eigenvalue weighted by Gasteiger charge is 2.31. The van der Waals surface area contributed by atoms with Crippen molar-refractivity contribution in [3.05, 3.63) is 12.7 Å². The molecule has 0 bridgehead atoms. The Bertz CT molecular complexity index is 183. The molecule has 0 aromatic rings. The van der Waals surface area contributed by atoms with Crippen LogP contribution in [0.1, 0.15) is 25.7 Å². The predicted molar refractivity (Wildman–Crippen MR) is 47.1 cm³/mol. The van der Waals surface area contributed by atoms with Gasteiger partial charge in [-0.05, 0) is 12.8 Å². The first-order valence-electron chi connectivity index (χ1n) is 4.09. The van der Waals surface area contributed by atoms with Gasteiger partial charge in [0.2, 0.25) is 7.37 Å². The van der Waals surface area contributed by atoms with Crippen LogP contribution in [0.25, 0.3) is 0 Å². The Morgan fingerprint density at radius 1 is 1.55 bits per heavy atom. The number of allylic oxidation sites excluding steroid dienone is 1. The van der Waals surface area contributed by atoms with Gasteiger partial charge in [-0.1, -0.05) is 18.9 Å². The maximum atomic E-state index is 11.5. The lowest BCUT2D eigenvalue weighted by Crippen LogP contribution is -2.04. The van der Waals surface area contributed by atoms with Gasteiger partial charge in [-0.15, -0.1) is 6.58 Å². The Hall–Kier alpha value is -0.0700. The van der Waals surface area contributed by atoms with Crippen molar-refractivity contribution in [1.29, 1.82) is 0 Å². The van der Waals surface area contributed by atoms with E-state index in [0.717, 1.165) is 25.7 Å². The fourth-order valence-corrected chi connectivity index (χ4v) is 3.48. The summed E-state index contributed by atoms with van der Waals surface area (Å²) in [6.07, 6.45) is 5.94. The quantitative estimate of drug-likeness (QED) is 0.526. The van der Waals surface area contributed by atoms with Crippen LogP contribution in [0.2, 0.25) is 0 Å². The minimum atomic E-state index is -2.86. The molecule has 64 valence electrons. The van der Waals surface area contributed by atoms with E-state index in [2.05, 4.69) is 6.58 Å². The molecule has 0 heterocycles. The Morgan fingerprint density at radius 3 is 2.55 bits per heavy atom. The van der Waals surface area contributed by atoms with Crippen molar-refractivity contribution in [3.63, 3.8) is 0 Å². The highest BCUT2D eigenvalue weighted by Crippen LogP contribution is 2.52. The molecule has 1 aliphatic rings. The monoisotopic (exact) mass is 174 g/mol. The van der Waals surface area contributed by atoms with Crippen LogP contribution in [0.5, 0.6) is 0 Å². The summed E-state index contributed by atoms with van der Waals surface area (Å²) in [5, 5.41) is 0. The molecule has 1 N–H and O–H groups in total. The molecular formula is C8H15O2P. The van der Waals surface area contributed by atoms with Crippen molar-refractivity contribution >= 4 is 7.37 Å². The third kappa shape index (κ3) is 2.18. The summed E-state index contributed by atoms with van der Waals surface area (Å²) in [7, 11) is -2.86. The summed E-state index contributed by atoms with van der Waals surface area (Å²) >= 11 is 0. The normalized spacial score (nSPS) is 24.8. The second-order valence-electron chi connectivity index (χ2n) is 3.17. The van der Waals surface area contributed by atoms with E-state index in [4.69, 9.17) is 0 Å². The maximum Gasteiger partial charge on any atom is 0.207 e. The molecule has 1 atom stereocenters. The molecule has 1 rings (SSSR count). The topological polar surface area (TPSA) is 37.3 Å². The van der Waals surface area contributed by atoms with E-state index in [0.29, 0.717) is 0 Å². The molecule has 0 radical (unpaired) electrons. The van der Waals surface area contributed by atoms with E-state index in [1.807, 2.05) is 0 Å². The van der Waals surface area contributed by atoms with Gasteiger partial charge in [-0.3, -0.25) is 4.57 Å². The lowest BCUT2D eigenvalue weighted by atomic mass is 10.4. The van der Waals surface area contributed by atoms with E-state index >= 15 is 0 Å². The van der Waals surface area contributed by atoms with Gasteiger partial charge < -0.3 is 4.89 Å². The largest absolute Gasteiger partial charge is 0.344 e. The van der Waals surface area contributed by atoms with Crippen LogP contribution < -0.4 is 0 Å². The summed E-state index contributed by atoms with van der Waals surface area (Å²) < 4.78 is 11.5. The molecule has 0 aromatic carbocycles. The van der Waals surface area contributed by atoms with Crippen molar-refractivity contribution in [2.45, 2.75) is 31.3 Å². The average Bonchev–Trinajstić information content (AvgIpc) is 2.37. The van der Waals surface area contributed by atoms with E-state index in [9.17, 15) is 9.46 Å². The fourth-order valence-electron chi connectivity index (χ4n) is 1.64. The van der Waals surface area contributed by atoms with Gasteiger partial charge in [-0.2, -0.15) is 0 Å². The molecule has 0 spiro atoms. The summed E-state index contributed by atoms with van der Waals surface area (Å²) in [5.74, 6) is 0. The van der Waals surface area contributed by atoms with Crippen LogP contribution in [0, 0.1) is 0 Å². The van der Waals surface area contributed by atoms with Crippen LogP contribution in [0.3, 0.4) is 0 Å². The highest BCUT2D eigenvalue weighted by molar-refractivity contribution is 7.58. The third-order valence-corrected chi connectivity index (χ3v) is 4.72. The van der Waals surface area contributed by atoms with E-state index in [-0.39, 0.29) is 11.8 Å². The predicted octanol–water partition coefficient (Wildman–Crippen LogP) is 2.39. The molecule has 3 heteroatoms. The molecule has 0 saturated heterocycles. The van der Waals surface area contributed by atoms with Crippen molar-refractivity contribution in [1.82, 2.24) is 0 Å². The highest BCUT2D eigenvalue weighted by atomic mass is 31.2. The maximum absolute atomic E-state index is 11.5. The van der Waals surface area contributed by atoms with Gasteiger partial charge in [0.25, 0.3) is 0 Å².